The first-order chi connectivity index (χ1) is 14.8. The third-order valence-electron chi connectivity index (χ3n) is 4.81. The van der Waals surface area contributed by atoms with Crippen LogP contribution in [0.5, 0.6) is 5.75 Å². The highest BCUT2D eigenvalue weighted by atomic mass is 32.1. The number of imide groups is 1. The number of benzene rings is 2. The van der Waals surface area contributed by atoms with Crippen molar-refractivity contribution in [3.05, 3.63) is 81.7 Å². The first-order valence-electron chi connectivity index (χ1n) is 10.1. The van der Waals surface area contributed by atoms with Crippen molar-refractivity contribution in [2.45, 2.75) is 33.8 Å². The number of aryl methyl sites for hydroxylation is 2. The van der Waals surface area contributed by atoms with E-state index in [0.29, 0.717) is 16.9 Å². The van der Waals surface area contributed by atoms with Crippen molar-refractivity contribution in [1.29, 1.82) is 0 Å². The topological polar surface area (TPSA) is 58.6 Å². The molecular weight excluding hydrogens is 408 g/mol. The van der Waals surface area contributed by atoms with E-state index in [2.05, 4.69) is 5.32 Å². The van der Waals surface area contributed by atoms with Gasteiger partial charge in [0, 0.05) is 10.6 Å². The Morgan fingerprint density at radius 1 is 0.935 bits per heavy atom. The van der Waals surface area contributed by atoms with Gasteiger partial charge in [0.1, 0.15) is 11.4 Å². The molecule has 0 radical (unpaired) electrons. The van der Waals surface area contributed by atoms with Crippen molar-refractivity contribution in [3.8, 4) is 5.75 Å². The molecule has 0 spiro atoms. The summed E-state index contributed by atoms with van der Waals surface area (Å²) in [6.45, 7) is 7.84. The van der Waals surface area contributed by atoms with E-state index in [1.165, 1.54) is 16.2 Å². The lowest BCUT2D eigenvalue weighted by Crippen LogP contribution is -2.32. The lowest BCUT2D eigenvalue weighted by Gasteiger charge is -2.17. The molecule has 0 saturated heterocycles. The lowest BCUT2D eigenvalue weighted by molar-refractivity contribution is -0.120. The summed E-state index contributed by atoms with van der Waals surface area (Å²) in [4.78, 5) is 28.8. The Balaban J connectivity index is 1.72. The molecule has 0 atom stereocenters. The molecule has 1 aliphatic rings. The van der Waals surface area contributed by atoms with Gasteiger partial charge in [-0.05, 0) is 86.7 Å². The monoisotopic (exact) mass is 432 g/mol. The van der Waals surface area contributed by atoms with Crippen LogP contribution in [0.4, 0.5) is 11.4 Å². The highest BCUT2D eigenvalue weighted by Gasteiger charge is 2.40. The molecule has 0 saturated carbocycles. The Morgan fingerprint density at radius 3 is 2.19 bits per heavy atom. The van der Waals surface area contributed by atoms with Crippen molar-refractivity contribution in [1.82, 2.24) is 0 Å². The molecule has 1 aromatic heterocycles. The number of thiophene rings is 1. The number of carbonyl (C=O) groups is 2. The maximum absolute atomic E-state index is 13.4. The number of anilines is 2. The van der Waals surface area contributed by atoms with Crippen LogP contribution in [0.1, 0.15) is 29.9 Å². The van der Waals surface area contributed by atoms with Gasteiger partial charge in [0.15, 0.2) is 0 Å². The number of nitrogens with one attached hydrogen (secondary N) is 1. The second-order valence-corrected chi connectivity index (χ2v) is 8.78. The third-order valence-corrected chi connectivity index (χ3v) is 5.70. The molecule has 2 aromatic carbocycles. The van der Waals surface area contributed by atoms with E-state index in [9.17, 15) is 9.59 Å². The maximum atomic E-state index is 13.4. The molecular formula is C25H24N2O3S. The molecule has 2 heterocycles. The summed E-state index contributed by atoms with van der Waals surface area (Å²) in [6, 6.07) is 16.8. The molecule has 1 aliphatic heterocycles. The van der Waals surface area contributed by atoms with Crippen LogP contribution >= 0.6 is 11.3 Å². The molecule has 6 heteroatoms. The Labute approximate surface area is 186 Å². The van der Waals surface area contributed by atoms with Crippen molar-refractivity contribution >= 4 is 40.1 Å². The molecule has 2 amide bonds. The molecule has 0 bridgehead atoms. The quantitative estimate of drug-likeness (QED) is 0.519. The Bertz CT molecular complexity index is 1140. The minimum absolute atomic E-state index is 0.0762. The van der Waals surface area contributed by atoms with Gasteiger partial charge in [-0.3, -0.25) is 9.59 Å². The minimum atomic E-state index is -0.360. The van der Waals surface area contributed by atoms with Gasteiger partial charge in [-0.15, -0.1) is 11.3 Å². The summed E-state index contributed by atoms with van der Waals surface area (Å²) in [6.07, 6.45) is 0.0762. The number of amides is 2. The van der Waals surface area contributed by atoms with E-state index < -0.39 is 0 Å². The highest BCUT2D eigenvalue weighted by Crippen LogP contribution is 2.36. The zero-order chi connectivity index (χ0) is 22.1. The van der Waals surface area contributed by atoms with E-state index in [0.717, 1.165) is 21.8 Å². The first-order valence-corrected chi connectivity index (χ1v) is 11.0. The Hall–Kier alpha value is -3.38. The molecule has 5 nitrogen and oxygen atoms in total. The number of hydrogen-bond donors (Lipinski definition) is 1. The van der Waals surface area contributed by atoms with Crippen molar-refractivity contribution in [2.24, 2.45) is 0 Å². The summed E-state index contributed by atoms with van der Waals surface area (Å²) in [5, 5.41) is 5.09. The third kappa shape index (κ3) is 4.25. The zero-order valence-corrected chi connectivity index (χ0v) is 18.7. The van der Waals surface area contributed by atoms with Gasteiger partial charge in [0.05, 0.1) is 17.4 Å². The van der Waals surface area contributed by atoms with E-state index in [1.54, 1.807) is 0 Å². The van der Waals surface area contributed by atoms with E-state index in [4.69, 9.17) is 4.74 Å². The standard InChI is InChI=1S/C25H24N2O3S/c1-15(2)30-20-9-7-18(8-10-20)26-23-22(21-6-5-11-31-21)24(28)27(25(23)29)19-13-16(3)12-17(4)14-19/h5-15,26H,1-4H3. The molecule has 0 unspecified atom stereocenters. The maximum Gasteiger partial charge on any atom is 0.282 e. The van der Waals surface area contributed by atoms with Gasteiger partial charge in [0.25, 0.3) is 11.8 Å². The van der Waals surface area contributed by atoms with Gasteiger partial charge >= 0.3 is 0 Å². The van der Waals surface area contributed by atoms with Crippen LogP contribution < -0.4 is 15.0 Å². The predicted molar refractivity (Wildman–Crippen MR) is 125 cm³/mol. The predicted octanol–water partition coefficient (Wildman–Crippen LogP) is 5.55. The van der Waals surface area contributed by atoms with Crippen LogP contribution in [0.2, 0.25) is 0 Å². The normalized spacial score (nSPS) is 14.0. The molecule has 0 aliphatic carbocycles. The van der Waals surface area contributed by atoms with Crippen LogP contribution in [0, 0.1) is 13.8 Å². The molecule has 1 N–H and O–H groups in total. The Morgan fingerprint density at radius 2 is 1.61 bits per heavy atom. The summed E-state index contributed by atoms with van der Waals surface area (Å²) in [7, 11) is 0. The van der Waals surface area contributed by atoms with Crippen LogP contribution in [0.15, 0.2) is 65.7 Å². The highest BCUT2D eigenvalue weighted by molar-refractivity contribution is 7.11. The van der Waals surface area contributed by atoms with Gasteiger partial charge < -0.3 is 10.1 Å². The molecule has 158 valence electrons. The zero-order valence-electron chi connectivity index (χ0n) is 17.9. The van der Waals surface area contributed by atoms with Gasteiger partial charge in [-0.2, -0.15) is 0 Å². The summed E-state index contributed by atoms with van der Waals surface area (Å²) >= 11 is 1.44. The molecule has 3 aromatic rings. The van der Waals surface area contributed by atoms with Gasteiger partial charge in [0.2, 0.25) is 0 Å². The number of nitrogens with zero attached hydrogens (tertiary/aromatic N) is 1. The SMILES string of the molecule is Cc1cc(C)cc(N2C(=O)C(Nc3ccc(OC(C)C)cc3)=C(c3cccs3)C2=O)c1. The number of rotatable bonds is 6. The Kier molecular flexibility index (Phi) is 5.65. The number of hydrogen-bond acceptors (Lipinski definition) is 5. The van der Waals surface area contributed by atoms with Crippen LogP contribution in [0.3, 0.4) is 0 Å². The van der Waals surface area contributed by atoms with Crippen LogP contribution in [-0.2, 0) is 9.59 Å². The fourth-order valence-electron chi connectivity index (χ4n) is 3.64. The first kappa shape index (κ1) is 20.9. The van der Waals surface area contributed by atoms with Crippen molar-refractivity contribution < 1.29 is 14.3 Å². The molecule has 0 fully saturated rings. The van der Waals surface area contributed by atoms with Crippen molar-refractivity contribution in [2.75, 3.05) is 10.2 Å². The van der Waals surface area contributed by atoms with Crippen LogP contribution in [0.25, 0.3) is 5.57 Å². The number of carbonyl (C=O) groups excluding carboxylic acids is 2. The van der Waals surface area contributed by atoms with Gasteiger partial charge in [-0.1, -0.05) is 12.1 Å². The molecule has 4 rings (SSSR count). The fraction of sp³-hybridized carbons (Fsp3) is 0.200. The summed E-state index contributed by atoms with van der Waals surface area (Å²) in [5.41, 5.74) is 3.96. The smallest absolute Gasteiger partial charge is 0.282 e. The largest absolute Gasteiger partial charge is 0.491 e. The van der Waals surface area contributed by atoms with Crippen LogP contribution in [-0.4, -0.2) is 17.9 Å². The van der Waals surface area contributed by atoms with Crippen molar-refractivity contribution in [3.63, 3.8) is 0 Å². The minimum Gasteiger partial charge on any atom is -0.491 e. The fourth-order valence-corrected chi connectivity index (χ4v) is 4.41. The van der Waals surface area contributed by atoms with E-state index in [1.807, 2.05) is 87.7 Å². The van der Waals surface area contributed by atoms with Gasteiger partial charge in [-0.25, -0.2) is 4.90 Å². The average Bonchev–Trinajstić information content (AvgIpc) is 3.29. The second kappa shape index (κ2) is 8.40. The lowest BCUT2D eigenvalue weighted by atomic mass is 10.1. The summed E-state index contributed by atoms with van der Waals surface area (Å²) in [5.74, 6) is 0.0688. The van der Waals surface area contributed by atoms with E-state index >= 15 is 0 Å². The average molecular weight is 433 g/mol. The summed E-state index contributed by atoms with van der Waals surface area (Å²) < 4.78 is 5.69. The molecule has 31 heavy (non-hydrogen) atoms. The second-order valence-electron chi connectivity index (χ2n) is 7.83. The van der Waals surface area contributed by atoms with E-state index in [-0.39, 0.29) is 23.6 Å². The number of ether oxygens (including phenoxy) is 1.